The summed E-state index contributed by atoms with van der Waals surface area (Å²) in [7, 11) is 0. The Balaban J connectivity index is 2.48. The second-order valence-electron chi connectivity index (χ2n) is 2.61. The molecule has 5 heteroatoms. The molecule has 72 valence electrons. The van der Waals surface area contributed by atoms with Gasteiger partial charge in [0.1, 0.15) is 0 Å². The Morgan fingerprint density at radius 2 is 2.46 bits per heavy atom. The fourth-order valence-electron chi connectivity index (χ4n) is 0.849. The molecule has 0 saturated heterocycles. The zero-order valence-electron chi connectivity index (χ0n) is 7.76. The van der Waals surface area contributed by atoms with Crippen LogP contribution in [0.25, 0.3) is 0 Å². The van der Waals surface area contributed by atoms with Crippen LogP contribution < -0.4 is 10.6 Å². The van der Waals surface area contributed by atoms with Crippen molar-refractivity contribution in [3.8, 4) is 0 Å². The van der Waals surface area contributed by atoms with Gasteiger partial charge < -0.3 is 10.6 Å². The van der Waals surface area contributed by atoms with Crippen LogP contribution in [0.15, 0.2) is 5.38 Å². The number of carbonyl (C=O) groups is 1. The van der Waals surface area contributed by atoms with Crippen molar-refractivity contribution in [2.24, 2.45) is 0 Å². The van der Waals surface area contributed by atoms with Crippen molar-refractivity contribution in [2.45, 2.75) is 20.4 Å². The van der Waals surface area contributed by atoms with Gasteiger partial charge in [-0.3, -0.25) is 4.79 Å². The molecule has 1 aromatic heterocycles. The number of hydrogen-bond acceptors (Lipinski definition) is 4. The first-order valence-electron chi connectivity index (χ1n) is 4.15. The summed E-state index contributed by atoms with van der Waals surface area (Å²) in [6, 6.07) is 0. The van der Waals surface area contributed by atoms with Crippen LogP contribution in [0.3, 0.4) is 0 Å². The zero-order chi connectivity index (χ0) is 9.68. The van der Waals surface area contributed by atoms with Crippen molar-refractivity contribution < 1.29 is 4.79 Å². The molecule has 0 saturated carbocycles. The van der Waals surface area contributed by atoms with Crippen LogP contribution in [0, 0.1) is 0 Å². The fourth-order valence-corrected chi connectivity index (χ4v) is 1.61. The van der Waals surface area contributed by atoms with Crippen molar-refractivity contribution in [1.82, 2.24) is 10.3 Å². The summed E-state index contributed by atoms with van der Waals surface area (Å²) in [5.41, 5.74) is 0.968. The molecule has 0 spiro atoms. The Morgan fingerprint density at radius 1 is 1.69 bits per heavy atom. The van der Waals surface area contributed by atoms with Crippen LogP contribution in [0.1, 0.15) is 19.5 Å². The molecule has 4 nitrogen and oxygen atoms in total. The number of anilines is 1. The van der Waals surface area contributed by atoms with Crippen molar-refractivity contribution in [3.05, 3.63) is 11.1 Å². The highest BCUT2D eigenvalue weighted by Gasteiger charge is 2.01. The Hall–Kier alpha value is -0.940. The van der Waals surface area contributed by atoms with Crippen LogP contribution >= 0.6 is 11.3 Å². The van der Waals surface area contributed by atoms with E-state index in [1.807, 2.05) is 12.3 Å². The zero-order valence-corrected chi connectivity index (χ0v) is 8.57. The highest BCUT2D eigenvalue weighted by molar-refractivity contribution is 7.13. The highest BCUT2D eigenvalue weighted by Crippen LogP contribution is 2.14. The van der Waals surface area contributed by atoms with E-state index < -0.39 is 0 Å². The van der Waals surface area contributed by atoms with Crippen LogP contribution in [0.2, 0.25) is 0 Å². The summed E-state index contributed by atoms with van der Waals surface area (Å²) in [5, 5.41) is 8.41. The molecule has 1 aromatic rings. The predicted octanol–water partition coefficient (Wildman–Crippen LogP) is 1.21. The molecule has 0 aliphatic heterocycles. The molecule has 1 rings (SSSR count). The van der Waals surface area contributed by atoms with E-state index in [-0.39, 0.29) is 5.91 Å². The van der Waals surface area contributed by atoms with Gasteiger partial charge in [0.2, 0.25) is 5.91 Å². The molecule has 0 radical (unpaired) electrons. The van der Waals surface area contributed by atoms with Crippen molar-refractivity contribution in [2.75, 3.05) is 11.9 Å². The summed E-state index contributed by atoms with van der Waals surface area (Å²) in [6.07, 6.45) is 0. The predicted molar refractivity (Wildman–Crippen MR) is 53.8 cm³/mol. The van der Waals surface area contributed by atoms with E-state index in [4.69, 9.17) is 0 Å². The fraction of sp³-hybridized carbons (Fsp3) is 0.500. The van der Waals surface area contributed by atoms with Gasteiger partial charge in [-0.25, -0.2) is 4.98 Å². The monoisotopic (exact) mass is 199 g/mol. The largest absolute Gasteiger partial charge is 0.311 e. The van der Waals surface area contributed by atoms with Gasteiger partial charge in [-0.15, -0.1) is 11.3 Å². The van der Waals surface area contributed by atoms with Crippen molar-refractivity contribution in [3.63, 3.8) is 0 Å². The summed E-state index contributed by atoms with van der Waals surface area (Å²) in [6.45, 7) is 5.20. The minimum Gasteiger partial charge on any atom is -0.311 e. The molecule has 1 amide bonds. The second kappa shape index (κ2) is 4.94. The molecular weight excluding hydrogens is 186 g/mol. The van der Waals surface area contributed by atoms with Gasteiger partial charge in [-0.05, 0) is 6.54 Å². The topological polar surface area (TPSA) is 54.0 Å². The Labute approximate surface area is 81.4 Å². The summed E-state index contributed by atoms with van der Waals surface area (Å²) in [4.78, 5) is 14.9. The highest BCUT2D eigenvalue weighted by atomic mass is 32.1. The summed E-state index contributed by atoms with van der Waals surface area (Å²) in [5.74, 6) is -0.0793. The van der Waals surface area contributed by atoms with Gasteiger partial charge >= 0.3 is 0 Å². The normalized spacial score (nSPS) is 10.0. The number of carbonyl (C=O) groups excluding carboxylic acids is 1. The number of aromatic nitrogens is 1. The molecule has 1 heterocycles. The molecule has 13 heavy (non-hydrogen) atoms. The average molecular weight is 199 g/mol. The van der Waals surface area contributed by atoms with E-state index in [1.165, 1.54) is 18.3 Å². The van der Waals surface area contributed by atoms with E-state index in [9.17, 15) is 4.79 Å². The number of thiazole rings is 1. The molecule has 0 unspecified atom stereocenters. The third kappa shape index (κ3) is 3.52. The molecule has 0 aromatic carbocycles. The van der Waals surface area contributed by atoms with Gasteiger partial charge in [0.15, 0.2) is 5.13 Å². The Bertz CT molecular complexity index is 285. The molecule has 0 fully saturated rings. The maximum atomic E-state index is 10.7. The number of amides is 1. The lowest BCUT2D eigenvalue weighted by atomic mass is 10.5. The number of nitrogens with zero attached hydrogens (tertiary/aromatic N) is 1. The lowest BCUT2D eigenvalue weighted by molar-refractivity contribution is -0.114. The van der Waals surface area contributed by atoms with Gasteiger partial charge in [0.05, 0.1) is 5.69 Å². The van der Waals surface area contributed by atoms with Crippen molar-refractivity contribution >= 4 is 22.4 Å². The first-order valence-corrected chi connectivity index (χ1v) is 5.03. The average Bonchev–Trinajstić information content (AvgIpc) is 2.48. The van der Waals surface area contributed by atoms with Crippen molar-refractivity contribution in [1.29, 1.82) is 0 Å². The SMILES string of the molecule is CCNCc1csc(NC(C)=O)n1. The maximum Gasteiger partial charge on any atom is 0.223 e. The number of hydrogen-bond donors (Lipinski definition) is 2. The summed E-state index contributed by atoms with van der Waals surface area (Å²) < 4.78 is 0. The van der Waals surface area contributed by atoms with Gasteiger partial charge in [-0.2, -0.15) is 0 Å². The van der Waals surface area contributed by atoms with E-state index in [0.717, 1.165) is 18.8 Å². The third-order valence-corrected chi connectivity index (χ3v) is 2.20. The second-order valence-corrected chi connectivity index (χ2v) is 3.46. The third-order valence-electron chi connectivity index (χ3n) is 1.39. The maximum absolute atomic E-state index is 10.7. The van der Waals surface area contributed by atoms with E-state index >= 15 is 0 Å². The Kier molecular flexibility index (Phi) is 3.85. The molecular formula is C8H13N3OS. The first kappa shape index (κ1) is 10.1. The minimum absolute atomic E-state index is 0.0793. The van der Waals surface area contributed by atoms with Gasteiger partial charge in [0.25, 0.3) is 0 Å². The standard InChI is InChI=1S/C8H13N3OS/c1-3-9-4-7-5-13-8(11-7)10-6(2)12/h5,9H,3-4H2,1-2H3,(H,10,11,12). The molecule has 0 bridgehead atoms. The first-order chi connectivity index (χ1) is 6.22. The Morgan fingerprint density at radius 3 is 3.08 bits per heavy atom. The smallest absolute Gasteiger partial charge is 0.223 e. The number of nitrogens with one attached hydrogen (secondary N) is 2. The minimum atomic E-state index is -0.0793. The lowest BCUT2D eigenvalue weighted by Gasteiger charge is -1.96. The molecule has 0 aliphatic carbocycles. The molecule has 2 N–H and O–H groups in total. The van der Waals surface area contributed by atoms with Gasteiger partial charge in [-0.1, -0.05) is 6.92 Å². The van der Waals surface area contributed by atoms with Gasteiger partial charge in [0, 0.05) is 18.8 Å². The molecule has 0 aliphatic rings. The van der Waals surface area contributed by atoms with E-state index in [0.29, 0.717) is 5.13 Å². The van der Waals surface area contributed by atoms with Crippen LogP contribution in [0.5, 0.6) is 0 Å². The quantitative estimate of drug-likeness (QED) is 0.766. The van der Waals surface area contributed by atoms with Crippen LogP contribution in [0.4, 0.5) is 5.13 Å². The van der Waals surface area contributed by atoms with Crippen LogP contribution in [-0.2, 0) is 11.3 Å². The number of rotatable bonds is 4. The van der Waals surface area contributed by atoms with Crippen LogP contribution in [-0.4, -0.2) is 17.4 Å². The van der Waals surface area contributed by atoms with E-state index in [1.54, 1.807) is 0 Å². The lowest BCUT2D eigenvalue weighted by Crippen LogP contribution is -2.12. The van der Waals surface area contributed by atoms with E-state index in [2.05, 4.69) is 15.6 Å². The molecule has 0 atom stereocenters. The summed E-state index contributed by atoms with van der Waals surface area (Å²) >= 11 is 1.45.